The van der Waals surface area contributed by atoms with Crippen molar-refractivity contribution in [2.24, 2.45) is 5.92 Å². The van der Waals surface area contributed by atoms with Crippen molar-refractivity contribution in [3.8, 4) is 12.1 Å². The highest BCUT2D eigenvalue weighted by molar-refractivity contribution is 5.90. The molecular weight excluding hydrogens is 358 g/mol. The molecule has 0 spiro atoms. The topological polar surface area (TPSA) is 130 Å². The number of nitrogens with one attached hydrogen (secondary N) is 2. The van der Waals surface area contributed by atoms with E-state index in [1.807, 2.05) is 13.0 Å². The SMILES string of the molecule is Cc1cccc2[nH]c(=O)c(CC(=O)NCC3CCC(C#N)C[N+]3=O)c(C#N)c12. The van der Waals surface area contributed by atoms with Gasteiger partial charge in [0, 0.05) is 32.6 Å². The minimum atomic E-state index is -0.468. The fourth-order valence-corrected chi connectivity index (χ4v) is 3.62. The van der Waals surface area contributed by atoms with Crippen LogP contribution < -0.4 is 10.9 Å². The van der Waals surface area contributed by atoms with Gasteiger partial charge in [-0.25, -0.2) is 0 Å². The maximum absolute atomic E-state index is 12.4. The van der Waals surface area contributed by atoms with Crippen molar-refractivity contribution >= 4 is 16.8 Å². The van der Waals surface area contributed by atoms with Crippen molar-refractivity contribution < 1.29 is 9.55 Å². The van der Waals surface area contributed by atoms with Gasteiger partial charge in [0.2, 0.25) is 18.5 Å². The van der Waals surface area contributed by atoms with Crippen molar-refractivity contribution in [3.63, 3.8) is 0 Å². The summed E-state index contributed by atoms with van der Waals surface area (Å²) in [5.41, 5.74) is 1.25. The van der Waals surface area contributed by atoms with E-state index in [1.165, 1.54) is 0 Å². The van der Waals surface area contributed by atoms with Crippen LogP contribution in [-0.2, 0) is 11.2 Å². The third-order valence-electron chi connectivity index (χ3n) is 5.17. The third kappa shape index (κ3) is 3.77. The number of nitrogens with zero attached hydrogens (tertiary/aromatic N) is 3. The summed E-state index contributed by atoms with van der Waals surface area (Å²) in [5, 5.41) is 21.8. The minimum absolute atomic E-state index is 0.119. The first kappa shape index (κ1) is 19.2. The second-order valence-electron chi connectivity index (χ2n) is 7.05. The van der Waals surface area contributed by atoms with E-state index in [1.54, 1.807) is 12.1 Å². The summed E-state index contributed by atoms with van der Waals surface area (Å²) >= 11 is 0. The Labute approximate surface area is 161 Å². The molecule has 2 N–H and O–H groups in total. The number of aromatic nitrogens is 1. The first-order valence-electron chi connectivity index (χ1n) is 9.09. The molecule has 0 bridgehead atoms. The van der Waals surface area contributed by atoms with Gasteiger partial charge in [-0.3, -0.25) is 9.59 Å². The van der Waals surface area contributed by atoms with Crippen LogP contribution in [0.3, 0.4) is 0 Å². The van der Waals surface area contributed by atoms with Crippen LogP contribution in [-0.4, -0.2) is 34.8 Å². The molecule has 1 amide bonds. The quantitative estimate of drug-likeness (QED) is 0.778. The van der Waals surface area contributed by atoms with Crippen LogP contribution in [0.25, 0.3) is 10.9 Å². The van der Waals surface area contributed by atoms with E-state index in [2.05, 4.69) is 22.4 Å². The molecule has 0 aliphatic carbocycles. The number of amides is 1. The van der Waals surface area contributed by atoms with E-state index in [0.29, 0.717) is 23.7 Å². The molecule has 1 aliphatic heterocycles. The molecule has 1 aromatic carbocycles. The van der Waals surface area contributed by atoms with E-state index in [-0.39, 0.29) is 42.6 Å². The monoisotopic (exact) mass is 378 g/mol. The highest BCUT2D eigenvalue weighted by atomic mass is 16.3. The number of pyridine rings is 1. The van der Waals surface area contributed by atoms with Crippen molar-refractivity contribution in [2.45, 2.75) is 32.2 Å². The standard InChI is InChI=1S/C20H19N5O3/c1-12-3-2-4-17-19(12)16(9-22)15(20(27)24-17)7-18(26)23-10-14-6-5-13(8-21)11-25(14)28/h2-4,13-14H,5-7,10-11H2,1H3,(H-,23,24,26,27)/p+1. The molecule has 1 fully saturated rings. The number of nitroso groups, excluding NO2 is 1. The van der Waals surface area contributed by atoms with Crippen LogP contribution in [0, 0.1) is 40.4 Å². The largest absolute Gasteiger partial charge is 0.349 e. The molecule has 8 heteroatoms. The van der Waals surface area contributed by atoms with Crippen molar-refractivity contribution in [1.82, 2.24) is 10.3 Å². The lowest BCUT2D eigenvalue weighted by atomic mass is 9.95. The molecule has 1 saturated heterocycles. The number of fused-ring (bicyclic) bond motifs is 1. The van der Waals surface area contributed by atoms with Crippen LogP contribution in [0.1, 0.15) is 29.5 Å². The van der Waals surface area contributed by atoms with Gasteiger partial charge in [0.15, 0.2) is 0 Å². The Kier molecular flexibility index (Phi) is 5.51. The molecule has 2 unspecified atom stereocenters. The molecule has 0 radical (unpaired) electrons. The summed E-state index contributed by atoms with van der Waals surface area (Å²) < 4.78 is 0.838. The van der Waals surface area contributed by atoms with E-state index < -0.39 is 11.5 Å². The summed E-state index contributed by atoms with van der Waals surface area (Å²) in [6.45, 7) is 2.12. The molecule has 3 rings (SSSR count). The molecule has 2 heterocycles. The molecule has 1 aliphatic rings. The normalized spacial score (nSPS) is 19.0. The summed E-state index contributed by atoms with van der Waals surface area (Å²) in [6.07, 6.45) is 0.911. The zero-order valence-electron chi connectivity index (χ0n) is 15.5. The highest BCUT2D eigenvalue weighted by Gasteiger charge is 2.35. The van der Waals surface area contributed by atoms with Gasteiger partial charge in [-0.05, 0) is 25.0 Å². The van der Waals surface area contributed by atoms with E-state index in [4.69, 9.17) is 5.26 Å². The Bertz CT molecular complexity index is 1090. The lowest BCUT2D eigenvalue weighted by Crippen LogP contribution is -2.43. The number of H-pyrrole nitrogens is 1. The number of carbonyl (C=O) groups excluding carboxylic acids is 1. The number of aromatic amines is 1. The molecule has 28 heavy (non-hydrogen) atoms. The van der Waals surface area contributed by atoms with Crippen LogP contribution in [0.5, 0.6) is 0 Å². The second kappa shape index (κ2) is 8.01. The predicted octanol–water partition coefficient (Wildman–Crippen LogP) is 1.45. The zero-order valence-corrected chi connectivity index (χ0v) is 15.5. The molecule has 0 saturated carbocycles. The van der Waals surface area contributed by atoms with Gasteiger partial charge in [-0.1, -0.05) is 12.1 Å². The maximum atomic E-state index is 12.4. The predicted molar refractivity (Wildman–Crippen MR) is 101 cm³/mol. The average molecular weight is 378 g/mol. The van der Waals surface area contributed by atoms with E-state index in [0.717, 1.165) is 10.3 Å². The van der Waals surface area contributed by atoms with Gasteiger partial charge in [0.25, 0.3) is 5.56 Å². The number of benzene rings is 1. The Morgan fingerprint density at radius 2 is 2.14 bits per heavy atom. The summed E-state index contributed by atoms with van der Waals surface area (Å²) in [6, 6.07) is 9.11. The fraction of sp³-hybridized carbons (Fsp3) is 0.400. The van der Waals surface area contributed by atoms with Crippen molar-refractivity contribution in [2.75, 3.05) is 13.1 Å². The van der Waals surface area contributed by atoms with E-state index in [9.17, 15) is 19.8 Å². The molecule has 2 atom stereocenters. The molecule has 142 valence electrons. The zero-order chi connectivity index (χ0) is 20.3. The Balaban J connectivity index is 1.75. The van der Waals surface area contributed by atoms with Crippen LogP contribution >= 0.6 is 0 Å². The van der Waals surface area contributed by atoms with Crippen LogP contribution in [0.15, 0.2) is 23.0 Å². The fourth-order valence-electron chi connectivity index (χ4n) is 3.62. The number of rotatable bonds is 4. The second-order valence-corrected chi connectivity index (χ2v) is 7.05. The van der Waals surface area contributed by atoms with Gasteiger partial charge in [0.05, 0.1) is 24.6 Å². The first-order chi connectivity index (χ1) is 13.4. The Morgan fingerprint density at radius 1 is 1.36 bits per heavy atom. The van der Waals surface area contributed by atoms with Crippen LogP contribution in [0.4, 0.5) is 0 Å². The number of nitriles is 2. The smallest absolute Gasteiger partial charge is 0.253 e. The van der Waals surface area contributed by atoms with Crippen LogP contribution in [0.2, 0.25) is 0 Å². The molecule has 8 nitrogen and oxygen atoms in total. The number of hydrogen-bond acceptors (Lipinski definition) is 5. The van der Waals surface area contributed by atoms with Gasteiger partial charge in [0.1, 0.15) is 12.0 Å². The van der Waals surface area contributed by atoms with Gasteiger partial charge in [-0.2, -0.15) is 10.5 Å². The minimum Gasteiger partial charge on any atom is -0.349 e. The Morgan fingerprint density at radius 3 is 2.82 bits per heavy atom. The maximum Gasteiger partial charge on any atom is 0.253 e. The first-order valence-corrected chi connectivity index (χ1v) is 9.09. The number of carbonyl (C=O) groups is 1. The van der Waals surface area contributed by atoms with Gasteiger partial charge < -0.3 is 10.3 Å². The molecule has 2 aromatic rings. The van der Waals surface area contributed by atoms with Crippen molar-refractivity contribution in [1.29, 1.82) is 10.5 Å². The summed E-state index contributed by atoms with van der Waals surface area (Å²) in [5.74, 6) is -0.701. The lowest BCUT2D eigenvalue weighted by molar-refractivity contribution is -0.598. The number of piperidine rings is 1. The van der Waals surface area contributed by atoms with Gasteiger partial charge in [-0.15, -0.1) is 0 Å². The number of aryl methyl sites for hydroxylation is 1. The van der Waals surface area contributed by atoms with E-state index >= 15 is 0 Å². The average Bonchev–Trinajstić information content (AvgIpc) is 2.68. The highest BCUT2D eigenvalue weighted by Crippen LogP contribution is 2.22. The molecule has 1 aromatic heterocycles. The summed E-state index contributed by atoms with van der Waals surface area (Å²) in [7, 11) is 0. The summed E-state index contributed by atoms with van der Waals surface area (Å²) in [4.78, 5) is 39.5. The lowest BCUT2D eigenvalue weighted by Gasteiger charge is -2.18. The molecular formula is C20H20N5O3+. The Hall–Kier alpha value is -3.52. The number of hydrogen-bond donors (Lipinski definition) is 2. The van der Waals surface area contributed by atoms with Crippen molar-refractivity contribution in [3.05, 3.63) is 50.2 Å². The van der Waals surface area contributed by atoms with Gasteiger partial charge >= 0.3 is 0 Å². The third-order valence-corrected chi connectivity index (χ3v) is 5.17.